The second-order valence-corrected chi connectivity index (χ2v) is 2.81. The summed E-state index contributed by atoms with van der Waals surface area (Å²) in [6.45, 7) is 0.0547. The predicted molar refractivity (Wildman–Crippen MR) is 44.2 cm³/mol. The van der Waals surface area contributed by atoms with E-state index in [9.17, 15) is 18.0 Å². The standard InChI is InChI=1S/C7H9F3N4O/c8-7(9,10)5-3-12-14(4-5)2-1-6(15)13-11/h3-4H,1-2,11H2,(H,13,15). The highest BCUT2D eigenvalue weighted by atomic mass is 19.4. The zero-order valence-corrected chi connectivity index (χ0v) is 7.58. The highest BCUT2D eigenvalue weighted by Crippen LogP contribution is 2.28. The van der Waals surface area contributed by atoms with Gasteiger partial charge in [0.2, 0.25) is 5.91 Å². The lowest BCUT2D eigenvalue weighted by atomic mass is 10.3. The molecule has 0 spiro atoms. The van der Waals surface area contributed by atoms with Gasteiger partial charge in [0.25, 0.3) is 0 Å². The second kappa shape index (κ2) is 4.30. The summed E-state index contributed by atoms with van der Waals surface area (Å²) in [5, 5.41) is 3.46. The van der Waals surface area contributed by atoms with Crippen LogP contribution in [0.25, 0.3) is 0 Å². The molecule has 0 aromatic carbocycles. The van der Waals surface area contributed by atoms with Crippen molar-refractivity contribution in [3.63, 3.8) is 0 Å². The third kappa shape index (κ3) is 3.24. The van der Waals surface area contributed by atoms with Crippen molar-refractivity contribution in [2.24, 2.45) is 5.84 Å². The molecule has 0 bridgehead atoms. The largest absolute Gasteiger partial charge is 0.419 e. The van der Waals surface area contributed by atoms with Crippen LogP contribution in [-0.4, -0.2) is 15.7 Å². The third-order valence-electron chi connectivity index (χ3n) is 1.69. The molecule has 3 N–H and O–H groups in total. The van der Waals surface area contributed by atoms with Crippen molar-refractivity contribution in [2.45, 2.75) is 19.1 Å². The Morgan fingerprint density at radius 1 is 1.60 bits per heavy atom. The minimum absolute atomic E-state index is 0.0184. The van der Waals surface area contributed by atoms with Gasteiger partial charge in [0.05, 0.1) is 11.8 Å². The maximum atomic E-state index is 12.1. The van der Waals surface area contributed by atoms with Crippen molar-refractivity contribution in [2.75, 3.05) is 0 Å². The summed E-state index contributed by atoms with van der Waals surface area (Å²) in [5.74, 6) is 4.34. The fourth-order valence-electron chi connectivity index (χ4n) is 0.921. The molecule has 15 heavy (non-hydrogen) atoms. The quantitative estimate of drug-likeness (QED) is 0.438. The number of alkyl halides is 3. The Bertz CT molecular complexity index is 346. The smallest absolute Gasteiger partial charge is 0.294 e. The van der Waals surface area contributed by atoms with Gasteiger partial charge in [-0.05, 0) is 0 Å². The van der Waals surface area contributed by atoms with Crippen LogP contribution in [0.3, 0.4) is 0 Å². The first-order valence-corrected chi connectivity index (χ1v) is 4.02. The Balaban J connectivity index is 2.58. The fraction of sp³-hybridized carbons (Fsp3) is 0.429. The molecule has 0 fully saturated rings. The van der Waals surface area contributed by atoms with E-state index in [1.54, 1.807) is 0 Å². The minimum Gasteiger partial charge on any atom is -0.294 e. The molecule has 84 valence electrons. The number of hydrazine groups is 1. The number of aryl methyl sites for hydroxylation is 1. The first-order chi connectivity index (χ1) is 6.93. The van der Waals surface area contributed by atoms with Crippen LogP contribution in [0.15, 0.2) is 12.4 Å². The van der Waals surface area contributed by atoms with Gasteiger partial charge in [0.15, 0.2) is 0 Å². The van der Waals surface area contributed by atoms with Gasteiger partial charge < -0.3 is 0 Å². The molecule has 1 aromatic heterocycles. The number of rotatable bonds is 3. The summed E-state index contributed by atoms with van der Waals surface area (Å²) in [7, 11) is 0. The molecule has 0 saturated carbocycles. The zero-order valence-electron chi connectivity index (χ0n) is 7.58. The van der Waals surface area contributed by atoms with E-state index in [4.69, 9.17) is 5.84 Å². The van der Waals surface area contributed by atoms with Crippen molar-refractivity contribution in [1.82, 2.24) is 15.2 Å². The van der Waals surface area contributed by atoms with E-state index in [2.05, 4.69) is 5.10 Å². The molecule has 0 aliphatic rings. The summed E-state index contributed by atoms with van der Waals surface area (Å²) in [6.07, 6.45) is -2.88. The van der Waals surface area contributed by atoms with Crippen LogP contribution in [0.2, 0.25) is 0 Å². The van der Waals surface area contributed by atoms with Gasteiger partial charge >= 0.3 is 6.18 Å². The zero-order chi connectivity index (χ0) is 11.5. The van der Waals surface area contributed by atoms with E-state index < -0.39 is 17.6 Å². The van der Waals surface area contributed by atoms with Crippen LogP contribution in [0, 0.1) is 0 Å². The normalized spacial score (nSPS) is 11.5. The number of nitrogens with two attached hydrogens (primary N) is 1. The summed E-state index contributed by atoms with van der Waals surface area (Å²) >= 11 is 0. The Kier molecular flexibility index (Phi) is 3.30. The molecular weight excluding hydrogens is 213 g/mol. The molecule has 1 heterocycles. The third-order valence-corrected chi connectivity index (χ3v) is 1.69. The SMILES string of the molecule is NNC(=O)CCn1cc(C(F)(F)F)cn1. The average Bonchev–Trinajstić information content (AvgIpc) is 2.61. The number of carbonyl (C=O) groups is 1. The van der Waals surface area contributed by atoms with Gasteiger partial charge in [-0.15, -0.1) is 0 Å². The minimum atomic E-state index is -4.41. The molecule has 0 atom stereocenters. The van der Waals surface area contributed by atoms with E-state index >= 15 is 0 Å². The molecule has 5 nitrogen and oxygen atoms in total. The van der Waals surface area contributed by atoms with Crippen LogP contribution in [0.4, 0.5) is 13.2 Å². The number of nitrogens with one attached hydrogen (secondary N) is 1. The molecule has 0 unspecified atom stereocenters. The maximum Gasteiger partial charge on any atom is 0.419 e. The van der Waals surface area contributed by atoms with E-state index in [0.29, 0.717) is 6.20 Å². The Labute approximate surface area is 83.0 Å². The van der Waals surface area contributed by atoms with Gasteiger partial charge in [-0.3, -0.25) is 14.9 Å². The number of halogens is 3. The lowest BCUT2D eigenvalue weighted by Gasteiger charge is -2.01. The van der Waals surface area contributed by atoms with Gasteiger partial charge in [-0.2, -0.15) is 18.3 Å². The molecule has 0 aliphatic carbocycles. The monoisotopic (exact) mass is 222 g/mol. The average molecular weight is 222 g/mol. The van der Waals surface area contributed by atoms with Crippen LogP contribution >= 0.6 is 0 Å². The molecule has 1 rings (SSSR count). The number of hydrogen-bond acceptors (Lipinski definition) is 3. The molecule has 0 aliphatic heterocycles. The second-order valence-electron chi connectivity index (χ2n) is 2.81. The van der Waals surface area contributed by atoms with E-state index in [-0.39, 0.29) is 13.0 Å². The van der Waals surface area contributed by atoms with Crippen molar-refractivity contribution < 1.29 is 18.0 Å². The molecule has 0 saturated heterocycles. The highest BCUT2D eigenvalue weighted by Gasteiger charge is 2.32. The van der Waals surface area contributed by atoms with Gasteiger partial charge in [-0.1, -0.05) is 0 Å². The van der Waals surface area contributed by atoms with Gasteiger partial charge in [0.1, 0.15) is 0 Å². The van der Waals surface area contributed by atoms with Crippen molar-refractivity contribution in [3.8, 4) is 0 Å². The molecule has 8 heteroatoms. The van der Waals surface area contributed by atoms with Crippen LogP contribution in [0.5, 0.6) is 0 Å². The number of hydrogen-bond donors (Lipinski definition) is 2. The summed E-state index contributed by atoms with van der Waals surface area (Å²) in [5.41, 5.74) is 1.03. The van der Waals surface area contributed by atoms with Gasteiger partial charge in [-0.25, -0.2) is 5.84 Å². The van der Waals surface area contributed by atoms with Crippen molar-refractivity contribution in [3.05, 3.63) is 18.0 Å². The molecular formula is C7H9F3N4O. The predicted octanol–water partition coefficient (Wildman–Crippen LogP) is 0.282. The van der Waals surface area contributed by atoms with Crippen molar-refractivity contribution in [1.29, 1.82) is 0 Å². The number of aromatic nitrogens is 2. The fourth-order valence-corrected chi connectivity index (χ4v) is 0.921. The van der Waals surface area contributed by atoms with E-state index in [1.807, 2.05) is 5.43 Å². The Morgan fingerprint density at radius 2 is 2.27 bits per heavy atom. The highest BCUT2D eigenvalue weighted by molar-refractivity contribution is 5.74. The topological polar surface area (TPSA) is 72.9 Å². The van der Waals surface area contributed by atoms with Gasteiger partial charge in [0, 0.05) is 19.2 Å². The number of amides is 1. The Morgan fingerprint density at radius 3 is 2.73 bits per heavy atom. The lowest BCUT2D eigenvalue weighted by molar-refractivity contribution is -0.137. The number of nitrogens with zero attached hydrogens (tertiary/aromatic N) is 2. The van der Waals surface area contributed by atoms with Crippen LogP contribution in [-0.2, 0) is 17.5 Å². The van der Waals surface area contributed by atoms with Crippen LogP contribution < -0.4 is 11.3 Å². The van der Waals surface area contributed by atoms with Crippen molar-refractivity contribution >= 4 is 5.91 Å². The maximum absolute atomic E-state index is 12.1. The first-order valence-electron chi connectivity index (χ1n) is 4.02. The number of carbonyl (C=O) groups excluding carboxylic acids is 1. The summed E-state index contributed by atoms with van der Waals surface area (Å²) in [4.78, 5) is 10.7. The molecule has 1 aromatic rings. The summed E-state index contributed by atoms with van der Waals surface area (Å²) in [6, 6.07) is 0. The van der Waals surface area contributed by atoms with E-state index in [1.165, 1.54) is 0 Å². The summed E-state index contributed by atoms with van der Waals surface area (Å²) < 4.78 is 37.4. The lowest BCUT2D eigenvalue weighted by Crippen LogP contribution is -2.30. The molecule has 1 amide bonds. The first kappa shape index (κ1) is 11.5. The Hall–Kier alpha value is -1.57. The molecule has 0 radical (unpaired) electrons. The van der Waals surface area contributed by atoms with Crippen LogP contribution in [0.1, 0.15) is 12.0 Å². The van der Waals surface area contributed by atoms with E-state index in [0.717, 1.165) is 10.9 Å².